The van der Waals surface area contributed by atoms with Crippen LogP contribution < -0.4 is 5.32 Å². The predicted octanol–water partition coefficient (Wildman–Crippen LogP) is 6.88. The second kappa shape index (κ2) is 14.6. The zero-order valence-corrected chi connectivity index (χ0v) is 28.2. The number of pyridine rings is 1. The molecule has 6 rings (SSSR count). The Bertz CT molecular complexity index is 1880. The Morgan fingerprint density at radius 1 is 0.942 bits per heavy atom. The summed E-state index contributed by atoms with van der Waals surface area (Å²) < 4.78 is 116. The van der Waals surface area contributed by atoms with Crippen LogP contribution >= 0.6 is 12.4 Å². The molecule has 0 radical (unpaired) electrons. The van der Waals surface area contributed by atoms with E-state index in [0.717, 1.165) is 17.1 Å². The number of anilines is 1. The molecular weight excluding hydrogens is 730 g/mol. The Kier molecular flexibility index (Phi) is 10.9. The lowest BCUT2D eigenvalue weighted by atomic mass is 9.90. The Hall–Kier alpha value is -4.32. The molecular formula is C34H32ClF8N5O4. The average molecular weight is 762 g/mol. The van der Waals surface area contributed by atoms with Gasteiger partial charge in [0.05, 0.1) is 30.9 Å². The lowest BCUT2D eigenvalue weighted by molar-refractivity contribution is -0.160. The summed E-state index contributed by atoms with van der Waals surface area (Å²) in [6.45, 7) is 3.35. The van der Waals surface area contributed by atoms with Gasteiger partial charge in [0.1, 0.15) is 17.0 Å². The van der Waals surface area contributed by atoms with E-state index in [1.165, 1.54) is 17.1 Å². The maximum Gasteiger partial charge on any atom is 0.433 e. The maximum absolute atomic E-state index is 15.5. The van der Waals surface area contributed by atoms with Gasteiger partial charge in [0.15, 0.2) is 11.6 Å². The summed E-state index contributed by atoms with van der Waals surface area (Å²) in [5, 5.41) is 16.2. The summed E-state index contributed by atoms with van der Waals surface area (Å²) in [6.07, 6.45) is -8.32. The summed E-state index contributed by atoms with van der Waals surface area (Å²) in [6, 6.07) is 6.26. The summed E-state index contributed by atoms with van der Waals surface area (Å²) in [5.74, 6) is -5.28. The van der Waals surface area contributed by atoms with Crippen molar-refractivity contribution in [2.75, 3.05) is 38.2 Å². The number of nitrogens with zero attached hydrogens (tertiary/aromatic N) is 4. The number of amides is 2. The van der Waals surface area contributed by atoms with Crippen molar-refractivity contribution in [3.63, 3.8) is 0 Å². The number of aromatic nitrogens is 1. The fourth-order valence-electron chi connectivity index (χ4n) is 6.56. The molecule has 2 aromatic carbocycles. The second-order valence-electron chi connectivity index (χ2n) is 12.6. The van der Waals surface area contributed by atoms with Crippen LogP contribution in [0.5, 0.6) is 0 Å². The van der Waals surface area contributed by atoms with Gasteiger partial charge >= 0.3 is 12.4 Å². The van der Waals surface area contributed by atoms with Crippen LogP contribution in [0.4, 0.5) is 40.8 Å². The summed E-state index contributed by atoms with van der Waals surface area (Å²) in [4.78, 5) is 33.0. The van der Waals surface area contributed by atoms with Crippen LogP contribution in [-0.4, -0.2) is 75.2 Å². The van der Waals surface area contributed by atoms with E-state index in [1.807, 2.05) is 4.90 Å². The molecule has 3 aliphatic heterocycles. The third kappa shape index (κ3) is 7.44. The molecule has 3 aliphatic rings. The molecule has 9 nitrogen and oxygen atoms in total. The molecule has 4 heterocycles. The number of ether oxygens (including phenoxy) is 1. The minimum absolute atomic E-state index is 0. The van der Waals surface area contributed by atoms with E-state index in [-0.39, 0.29) is 59.9 Å². The molecule has 1 aromatic heterocycles. The van der Waals surface area contributed by atoms with Crippen molar-refractivity contribution in [1.82, 2.24) is 19.9 Å². The van der Waals surface area contributed by atoms with E-state index in [2.05, 4.69) is 10.3 Å². The number of rotatable bonds is 7. The molecule has 0 saturated carbocycles. The molecule has 18 heteroatoms. The fraction of sp³-hybridized carbons (Fsp3) is 0.382. The van der Waals surface area contributed by atoms with Crippen molar-refractivity contribution >= 4 is 29.9 Å². The molecule has 0 spiro atoms. The van der Waals surface area contributed by atoms with Crippen molar-refractivity contribution in [1.29, 1.82) is 0 Å². The van der Waals surface area contributed by atoms with Crippen LogP contribution in [0.2, 0.25) is 0 Å². The van der Waals surface area contributed by atoms with E-state index in [4.69, 9.17) is 4.74 Å². The number of carbonyl (C=O) groups is 2. The SMILES string of the molecule is CC12CCCN1N(Cc1ccc(CN3CCOCC3)c(F)c1F)C(=O)C(C(=O)Nc1ccc(C(F)(F)F)cc1-c1ccc(C(F)(F)F)nc1)=C2O.Cl. The molecule has 52 heavy (non-hydrogen) atoms. The first-order valence-corrected chi connectivity index (χ1v) is 15.8. The third-order valence-corrected chi connectivity index (χ3v) is 9.34. The molecule has 2 amide bonds. The van der Waals surface area contributed by atoms with Crippen LogP contribution in [0, 0.1) is 11.6 Å². The number of halogens is 9. The van der Waals surface area contributed by atoms with Gasteiger partial charge in [-0.3, -0.25) is 24.5 Å². The molecule has 1 unspecified atom stereocenters. The van der Waals surface area contributed by atoms with E-state index in [9.17, 15) is 41.0 Å². The van der Waals surface area contributed by atoms with Crippen molar-refractivity contribution in [3.05, 3.63) is 94.0 Å². The number of hydrogen-bond acceptors (Lipinski definition) is 7. The van der Waals surface area contributed by atoms with Gasteiger partial charge in [-0.2, -0.15) is 26.3 Å². The average Bonchev–Trinajstić information content (AvgIpc) is 3.48. The van der Waals surface area contributed by atoms with Gasteiger partial charge < -0.3 is 15.2 Å². The van der Waals surface area contributed by atoms with Crippen LogP contribution in [0.15, 0.2) is 60.0 Å². The van der Waals surface area contributed by atoms with Crippen molar-refractivity contribution < 1.29 is 54.6 Å². The van der Waals surface area contributed by atoms with Gasteiger partial charge in [-0.1, -0.05) is 18.2 Å². The molecule has 0 bridgehead atoms. The number of nitrogens with one attached hydrogen (secondary N) is 1. The molecule has 2 fully saturated rings. The molecule has 0 aliphatic carbocycles. The van der Waals surface area contributed by atoms with Crippen molar-refractivity contribution in [2.45, 2.75) is 50.7 Å². The van der Waals surface area contributed by atoms with E-state index in [0.29, 0.717) is 57.1 Å². The third-order valence-electron chi connectivity index (χ3n) is 9.34. The number of morpholine rings is 1. The van der Waals surface area contributed by atoms with Gasteiger partial charge in [-0.25, -0.2) is 13.8 Å². The van der Waals surface area contributed by atoms with Gasteiger partial charge in [-0.05, 0) is 44.0 Å². The minimum Gasteiger partial charge on any atom is -0.509 e. The van der Waals surface area contributed by atoms with Crippen molar-refractivity contribution in [2.24, 2.45) is 0 Å². The highest BCUT2D eigenvalue weighted by Crippen LogP contribution is 2.43. The van der Waals surface area contributed by atoms with Crippen molar-refractivity contribution in [3.8, 4) is 11.1 Å². The standard InChI is InChI=1S/C34H31F8N5O4.ClH/c1-32-9-2-10-47(32)46(18-21-4-3-20(27(35)28(21)36)17-45-11-13-51-14-12-45)31(50)26(29(32)48)30(49)44-24-7-6-22(33(37,38)39)15-23(24)19-5-8-25(43-16-19)34(40,41)42;/h3-8,15-16,48H,2,9-14,17-18H2,1H3,(H,44,49);1H. The summed E-state index contributed by atoms with van der Waals surface area (Å²) >= 11 is 0. The highest BCUT2D eigenvalue weighted by molar-refractivity contribution is 6.24. The van der Waals surface area contributed by atoms with E-state index >= 15 is 8.78 Å². The normalized spacial score (nSPS) is 20.2. The zero-order valence-electron chi connectivity index (χ0n) is 27.4. The lowest BCUT2D eigenvalue weighted by Crippen LogP contribution is -2.60. The number of carbonyl (C=O) groups excluding carboxylic acids is 2. The van der Waals surface area contributed by atoms with Crippen LogP contribution in [0.3, 0.4) is 0 Å². The highest BCUT2D eigenvalue weighted by Gasteiger charge is 2.53. The quantitative estimate of drug-likeness (QED) is 0.200. The second-order valence-corrected chi connectivity index (χ2v) is 12.6. The smallest absolute Gasteiger partial charge is 0.433 e. The molecule has 280 valence electrons. The number of hydrazine groups is 1. The number of benzene rings is 2. The monoisotopic (exact) mass is 761 g/mol. The summed E-state index contributed by atoms with van der Waals surface area (Å²) in [5.41, 5.74) is -5.66. The minimum atomic E-state index is -4.87. The lowest BCUT2D eigenvalue weighted by Gasteiger charge is -2.46. The van der Waals surface area contributed by atoms with Gasteiger partial charge in [0, 0.05) is 60.3 Å². The number of alkyl halides is 6. The van der Waals surface area contributed by atoms with Crippen LogP contribution in [-0.2, 0) is 39.8 Å². The topological polar surface area (TPSA) is 98.2 Å². The van der Waals surface area contributed by atoms with Gasteiger partial charge in [0.25, 0.3) is 11.8 Å². The van der Waals surface area contributed by atoms with E-state index < -0.39 is 70.5 Å². The Morgan fingerprint density at radius 3 is 2.19 bits per heavy atom. The Labute approximate surface area is 298 Å². The number of aliphatic hydroxyl groups is 1. The molecule has 3 aromatic rings. The Balaban J connectivity index is 0.00000523. The fourth-order valence-corrected chi connectivity index (χ4v) is 6.56. The van der Waals surface area contributed by atoms with Crippen LogP contribution in [0.25, 0.3) is 11.1 Å². The number of hydrogen-bond donors (Lipinski definition) is 2. The first kappa shape index (κ1) is 38.9. The van der Waals surface area contributed by atoms with Gasteiger partial charge in [-0.15, -0.1) is 12.4 Å². The Morgan fingerprint density at radius 2 is 1.60 bits per heavy atom. The zero-order chi connectivity index (χ0) is 36.9. The number of aliphatic hydroxyl groups excluding tert-OH is 1. The predicted molar refractivity (Wildman–Crippen MR) is 173 cm³/mol. The summed E-state index contributed by atoms with van der Waals surface area (Å²) in [7, 11) is 0. The number of fused-ring (bicyclic) bond motifs is 1. The molecule has 1 atom stereocenters. The maximum atomic E-state index is 15.5. The van der Waals surface area contributed by atoms with Gasteiger partial charge in [0.2, 0.25) is 0 Å². The molecule has 2 saturated heterocycles. The van der Waals surface area contributed by atoms with Crippen LogP contribution in [0.1, 0.15) is 42.1 Å². The van der Waals surface area contributed by atoms with E-state index in [1.54, 1.807) is 6.92 Å². The first-order chi connectivity index (χ1) is 24.0. The molecule has 2 N–H and O–H groups in total. The highest BCUT2D eigenvalue weighted by atomic mass is 35.5. The first-order valence-electron chi connectivity index (χ1n) is 15.8. The largest absolute Gasteiger partial charge is 0.509 e.